The van der Waals surface area contributed by atoms with Crippen LogP contribution in [-0.4, -0.2) is 22.0 Å². The molecule has 9 heteroatoms. The molecule has 2 aliphatic carbocycles. The molecule has 2 amide bonds. The normalized spacial score (nSPS) is 33.2. The summed E-state index contributed by atoms with van der Waals surface area (Å²) in [5.41, 5.74) is 1.81. The molecular formula is C25H18Br2N2O3S2. The summed E-state index contributed by atoms with van der Waals surface area (Å²) in [6.45, 7) is 0. The lowest BCUT2D eigenvalue weighted by Crippen LogP contribution is -2.42. The van der Waals surface area contributed by atoms with Gasteiger partial charge in [-0.1, -0.05) is 55.3 Å². The Morgan fingerprint density at radius 3 is 2.38 bits per heavy atom. The van der Waals surface area contributed by atoms with E-state index < -0.39 is 0 Å². The summed E-state index contributed by atoms with van der Waals surface area (Å²) in [6.07, 6.45) is 0.896. The van der Waals surface area contributed by atoms with Crippen molar-refractivity contribution in [3.05, 3.63) is 77.6 Å². The van der Waals surface area contributed by atoms with Crippen LogP contribution in [-0.2, 0) is 9.59 Å². The molecular weight excluding hydrogens is 600 g/mol. The van der Waals surface area contributed by atoms with Gasteiger partial charge in [-0.15, -0.1) is 11.8 Å². The number of thiazole rings is 1. The van der Waals surface area contributed by atoms with Crippen LogP contribution in [0.5, 0.6) is 0 Å². The van der Waals surface area contributed by atoms with E-state index >= 15 is 0 Å². The first kappa shape index (κ1) is 21.6. The average molecular weight is 618 g/mol. The summed E-state index contributed by atoms with van der Waals surface area (Å²) in [5.74, 6) is -0.164. The highest BCUT2D eigenvalue weighted by Gasteiger charge is 2.69. The van der Waals surface area contributed by atoms with Crippen molar-refractivity contribution in [1.82, 2.24) is 4.98 Å². The van der Waals surface area contributed by atoms with Gasteiger partial charge in [-0.05, 0) is 66.1 Å². The van der Waals surface area contributed by atoms with Crippen LogP contribution in [0.4, 0.5) is 5.69 Å². The van der Waals surface area contributed by atoms with Gasteiger partial charge in [0.15, 0.2) is 0 Å². The van der Waals surface area contributed by atoms with Crippen molar-refractivity contribution in [3.8, 4) is 0 Å². The Balaban J connectivity index is 1.33. The highest BCUT2D eigenvalue weighted by Crippen LogP contribution is 2.68. The van der Waals surface area contributed by atoms with Crippen molar-refractivity contribution in [2.24, 2.45) is 29.6 Å². The zero-order chi connectivity index (χ0) is 23.3. The number of H-pyrrole nitrogens is 1. The number of amides is 2. The van der Waals surface area contributed by atoms with E-state index in [-0.39, 0.29) is 57.4 Å². The molecule has 3 heterocycles. The predicted octanol–water partition coefficient (Wildman–Crippen LogP) is 5.64. The fraction of sp³-hybridized carbons (Fsp3) is 0.320. The number of thioether (sulfide) groups is 1. The van der Waals surface area contributed by atoms with Crippen LogP contribution in [0.15, 0.2) is 67.3 Å². The predicted molar refractivity (Wildman–Crippen MR) is 139 cm³/mol. The fourth-order valence-electron chi connectivity index (χ4n) is 6.93. The molecule has 2 aromatic carbocycles. The molecule has 7 rings (SSSR count). The molecule has 3 fully saturated rings. The third-order valence-corrected chi connectivity index (χ3v) is 11.6. The summed E-state index contributed by atoms with van der Waals surface area (Å²) in [7, 11) is 0. The molecule has 2 aliphatic heterocycles. The number of hydrogen-bond donors (Lipinski definition) is 1. The van der Waals surface area contributed by atoms with Crippen molar-refractivity contribution < 1.29 is 9.59 Å². The largest absolute Gasteiger partial charge is 0.307 e. The van der Waals surface area contributed by atoms with Crippen molar-refractivity contribution >= 4 is 72.5 Å². The van der Waals surface area contributed by atoms with Gasteiger partial charge in [0, 0.05) is 25.0 Å². The Kier molecular flexibility index (Phi) is 4.86. The van der Waals surface area contributed by atoms with Gasteiger partial charge in [0.2, 0.25) is 11.8 Å². The first-order valence-corrected chi connectivity index (χ1v) is 14.5. The number of hydrogen-bond acceptors (Lipinski definition) is 5. The maximum atomic E-state index is 13.7. The molecule has 3 aromatic rings. The lowest BCUT2D eigenvalue weighted by molar-refractivity contribution is -0.123. The molecule has 2 saturated carbocycles. The molecule has 5 nitrogen and oxygen atoms in total. The van der Waals surface area contributed by atoms with E-state index in [0.29, 0.717) is 5.69 Å². The van der Waals surface area contributed by atoms with Gasteiger partial charge in [0.25, 0.3) is 0 Å². The molecule has 0 spiro atoms. The second kappa shape index (κ2) is 7.66. The summed E-state index contributed by atoms with van der Waals surface area (Å²) in [5, 5.41) is 1.14. The van der Waals surface area contributed by atoms with Gasteiger partial charge < -0.3 is 4.98 Å². The SMILES string of the molecule is O=C1C2C(C(=O)N1c1ccc(Br)cc1)[C@@H]1C[C@H]2C2Sc3[nH]c(=O)sc3C(c3cccc(Br)c3)C21. The van der Waals surface area contributed by atoms with Gasteiger partial charge in [-0.3, -0.25) is 19.3 Å². The molecule has 2 bridgehead atoms. The van der Waals surface area contributed by atoms with Crippen LogP contribution in [0.1, 0.15) is 22.8 Å². The summed E-state index contributed by atoms with van der Waals surface area (Å²) in [6, 6.07) is 15.7. The number of imide groups is 1. The van der Waals surface area contributed by atoms with Gasteiger partial charge >= 0.3 is 4.87 Å². The Hall–Kier alpha value is -1.68. The monoisotopic (exact) mass is 616 g/mol. The topological polar surface area (TPSA) is 70.2 Å². The van der Waals surface area contributed by atoms with Crippen LogP contribution < -0.4 is 9.77 Å². The second-order valence-corrected chi connectivity index (χ2v) is 13.5. The van der Waals surface area contributed by atoms with E-state index in [0.717, 1.165) is 30.8 Å². The average Bonchev–Trinajstić information content (AvgIpc) is 3.53. The number of aromatic nitrogens is 1. The number of halogens is 2. The standard InChI is InChI=1S/C25H18Br2N2O3S2/c26-11-4-6-13(7-5-11)29-23(30)18-14-9-15(19(18)24(29)31)20-17(14)16(10-2-1-3-12(27)8-10)21-22(33-20)28-25(32)34-21/h1-8,14-20H,9H2,(H,28,32)/t14-,15-,16?,17?,18?,19?,20?/m1/s1. The second-order valence-electron chi connectivity index (χ2n) is 9.50. The Bertz CT molecular complexity index is 1420. The number of rotatable bonds is 2. The van der Waals surface area contributed by atoms with E-state index in [2.05, 4.69) is 49.0 Å². The Morgan fingerprint density at radius 1 is 0.912 bits per heavy atom. The van der Waals surface area contributed by atoms with Crippen molar-refractivity contribution in [3.63, 3.8) is 0 Å². The zero-order valence-electron chi connectivity index (χ0n) is 17.6. The maximum absolute atomic E-state index is 13.7. The molecule has 0 radical (unpaired) electrons. The lowest BCUT2D eigenvalue weighted by atomic mass is 9.68. The zero-order valence-corrected chi connectivity index (χ0v) is 22.4. The Morgan fingerprint density at radius 2 is 1.65 bits per heavy atom. The summed E-state index contributed by atoms with van der Waals surface area (Å²) in [4.78, 5) is 45.2. The molecule has 1 aromatic heterocycles. The van der Waals surface area contributed by atoms with Crippen LogP contribution in [0.3, 0.4) is 0 Å². The third-order valence-electron chi connectivity index (χ3n) is 8.02. The third kappa shape index (κ3) is 2.93. The van der Waals surface area contributed by atoms with E-state index in [4.69, 9.17) is 0 Å². The summed E-state index contributed by atoms with van der Waals surface area (Å²) < 4.78 is 1.91. The quantitative estimate of drug-likeness (QED) is 0.378. The summed E-state index contributed by atoms with van der Waals surface area (Å²) >= 11 is 10.0. The van der Waals surface area contributed by atoms with Gasteiger partial charge in [0.05, 0.1) is 22.5 Å². The van der Waals surface area contributed by atoms with Gasteiger partial charge in [-0.2, -0.15) is 0 Å². The number of carbonyl (C=O) groups excluding carboxylic acids is 2. The molecule has 5 unspecified atom stereocenters. The minimum Gasteiger partial charge on any atom is -0.307 e. The minimum absolute atomic E-state index is 0.0430. The first-order valence-electron chi connectivity index (χ1n) is 11.2. The molecule has 7 atom stereocenters. The van der Waals surface area contributed by atoms with Crippen LogP contribution in [0.25, 0.3) is 0 Å². The van der Waals surface area contributed by atoms with Crippen LogP contribution >= 0.6 is 55.0 Å². The molecule has 1 N–H and O–H groups in total. The van der Waals surface area contributed by atoms with Crippen LogP contribution in [0, 0.1) is 29.6 Å². The number of anilines is 1. The molecule has 172 valence electrons. The number of fused-ring (bicyclic) bond motifs is 9. The van der Waals surface area contributed by atoms with Gasteiger partial charge in [-0.25, -0.2) is 0 Å². The van der Waals surface area contributed by atoms with Crippen molar-refractivity contribution in [2.75, 3.05) is 4.90 Å². The van der Waals surface area contributed by atoms with Gasteiger partial charge in [0.1, 0.15) is 0 Å². The number of benzene rings is 2. The van der Waals surface area contributed by atoms with Crippen molar-refractivity contribution in [1.29, 1.82) is 0 Å². The Labute approximate surface area is 220 Å². The van der Waals surface area contributed by atoms with E-state index in [1.54, 1.807) is 11.8 Å². The number of nitrogens with one attached hydrogen (secondary N) is 1. The highest BCUT2D eigenvalue weighted by molar-refractivity contribution is 9.10. The van der Waals surface area contributed by atoms with Crippen molar-refractivity contribution in [2.45, 2.75) is 22.6 Å². The van der Waals surface area contributed by atoms with E-state index in [1.165, 1.54) is 16.2 Å². The minimum atomic E-state index is -0.283. The fourth-order valence-corrected chi connectivity index (χ4v) is 10.5. The first-order chi connectivity index (χ1) is 16.4. The number of carbonyl (C=O) groups is 2. The maximum Gasteiger partial charge on any atom is 0.305 e. The molecule has 1 saturated heterocycles. The number of nitrogens with zero attached hydrogens (tertiary/aromatic N) is 1. The highest BCUT2D eigenvalue weighted by atomic mass is 79.9. The van der Waals surface area contributed by atoms with Crippen LogP contribution in [0.2, 0.25) is 0 Å². The number of aromatic amines is 1. The molecule has 34 heavy (non-hydrogen) atoms. The smallest absolute Gasteiger partial charge is 0.305 e. The van der Waals surface area contributed by atoms with E-state index in [1.807, 2.05) is 36.4 Å². The van der Waals surface area contributed by atoms with E-state index in [9.17, 15) is 14.4 Å². The molecule has 4 aliphatic rings. The lowest BCUT2D eigenvalue weighted by Gasteiger charge is -2.43.